The highest BCUT2D eigenvalue weighted by Crippen LogP contribution is 2.20. The lowest BCUT2D eigenvalue weighted by Gasteiger charge is -2.05. The Morgan fingerprint density at radius 3 is 2.70 bits per heavy atom. The Labute approximate surface area is 125 Å². The number of imidazole rings is 1. The van der Waals surface area contributed by atoms with Gasteiger partial charge in [-0.3, -0.25) is 0 Å². The topological polar surface area (TPSA) is 68.2 Å². The summed E-state index contributed by atoms with van der Waals surface area (Å²) in [6, 6.07) is 13.8. The van der Waals surface area contributed by atoms with E-state index >= 15 is 0 Å². The monoisotopic (exact) mass is 331 g/mol. The SMILES string of the molecule is NCCc1nc2ccc(Nc3ccccc3)nn2c1Br. The lowest BCUT2D eigenvalue weighted by atomic mass is 10.3. The third-order valence-electron chi connectivity index (χ3n) is 2.92. The van der Waals surface area contributed by atoms with Gasteiger partial charge in [-0.2, -0.15) is 0 Å². The average molecular weight is 332 g/mol. The third-order valence-corrected chi connectivity index (χ3v) is 3.71. The van der Waals surface area contributed by atoms with E-state index in [4.69, 9.17) is 5.73 Å². The maximum atomic E-state index is 5.58. The molecule has 2 heterocycles. The second-order valence-electron chi connectivity index (χ2n) is 4.37. The smallest absolute Gasteiger partial charge is 0.155 e. The number of rotatable bonds is 4. The Bertz CT molecular complexity index is 723. The molecule has 20 heavy (non-hydrogen) atoms. The van der Waals surface area contributed by atoms with Crippen LogP contribution in [0.25, 0.3) is 5.65 Å². The number of aromatic nitrogens is 3. The number of nitrogens with zero attached hydrogens (tertiary/aromatic N) is 3. The van der Waals surface area contributed by atoms with Gasteiger partial charge in [0.1, 0.15) is 4.60 Å². The zero-order valence-corrected chi connectivity index (χ0v) is 12.3. The summed E-state index contributed by atoms with van der Waals surface area (Å²) < 4.78 is 2.63. The predicted molar refractivity (Wildman–Crippen MR) is 83.2 cm³/mol. The van der Waals surface area contributed by atoms with Gasteiger partial charge < -0.3 is 11.1 Å². The summed E-state index contributed by atoms with van der Waals surface area (Å²) in [5.41, 5.74) is 8.31. The third kappa shape index (κ3) is 2.52. The highest BCUT2D eigenvalue weighted by atomic mass is 79.9. The van der Waals surface area contributed by atoms with Gasteiger partial charge in [0.15, 0.2) is 11.5 Å². The second-order valence-corrected chi connectivity index (χ2v) is 5.12. The van der Waals surface area contributed by atoms with Crippen molar-refractivity contribution in [2.75, 3.05) is 11.9 Å². The van der Waals surface area contributed by atoms with Gasteiger partial charge in [-0.05, 0) is 46.7 Å². The Morgan fingerprint density at radius 2 is 1.95 bits per heavy atom. The number of nitrogens with one attached hydrogen (secondary N) is 1. The Hall–Kier alpha value is -1.92. The molecular weight excluding hydrogens is 318 g/mol. The van der Waals surface area contributed by atoms with Crippen LogP contribution in [0.15, 0.2) is 47.1 Å². The normalized spacial score (nSPS) is 10.9. The molecule has 2 aromatic heterocycles. The molecule has 3 aromatic rings. The van der Waals surface area contributed by atoms with Crippen LogP contribution in [0.5, 0.6) is 0 Å². The highest BCUT2D eigenvalue weighted by Gasteiger charge is 2.10. The number of nitrogens with two attached hydrogens (primary N) is 1. The lowest BCUT2D eigenvalue weighted by Crippen LogP contribution is -2.03. The molecule has 0 unspecified atom stereocenters. The number of halogens is 1. The minimum absolute atomic E-state index is 0.567. The van der Waals surface area contributed by atoms with Gasteiger partial charge in [0, 0.05) is 12.1 Å². The molecule has 0 spiro atoms. The van der Waals surface area contributed by atoms with Crippen LogP contribution in [-0.2, 0) is 6.42 Å². The summed E-state index contributed by atoms with van der Waals surface area (Å²) in [4.78, 5) is 4.50. The second kappa shape index (κ2) is 5.60. The summed E-state index contributed by atoms with van der Waals surface area (Å²) in [7, 11) is 0. The van der Waals surface area contributed by atoms with Crippen molar-refractivity contribution in [3.63, 3.8) is 0 Å². The van der Waals surface area contributed by atoms with Gasteiger partial charge in [0.05, 0.1) is 5.69 Å². The fourth-order valence-corrected chi connectivity index (χ4v) is 2.53. The standard InChI is InChI=1S/C14H14BrN5/c15-14-11(8-9-16)18-13-7-6-12(19-20(13)14)17-10-4-2-1-3-5-10/h1-7H,8-9,16H2,(H,17,19). The van der Waals surface area contributed by atoms with Crippen LogP contribution < -0.4 is 11.1 Å². The van der Waals surface area contributed by atoms with Gasteiger partial charge in [0.25, 0.3) is 0 Å². The Morgan fingerprint density at radius 1 is 1.15 bits per heavy atom. The number of fused-ring (bicyclic) bond motifs is 1. The molecule has 0 aliphatic heterocycles. The molecule has 0 saturated carbocycles. The molecule has 0 saturated heterocycles. The first kappa shape index (κ1) is 13.1. The zero-order chi connectivity index (χ0) is 13.9. The number of hydrogen-bond donors (Lipinski definition) is 2. The quantitative estimate of drug-likeness (QED) is 0.771. The molecule has 3 N–H and O–H groups in total. The number of benzene rings is 1. The summed E-state index contributed by atoms with van der Waals surface area (Å²) in [6.07, 6.45) is 0.728. The van der Waals surface area contributed by atoms with Crippen LogP contribution in [0.3, 0.4) is 0 Å². The van der Waals surface area contributed by atoms with Gasteiger partial charge in [-0.15, -0.1) is 5.10 Å². The van der Waals surface area contributed by atoms with E-state index in [1.165, 1.54) is 0 Å². The Kier molecular flexibility index (Phi) is 3.66. The van der Waals surface area contributed by atoms with Crippen molar-refractivity contribution in [3.05, 3.63) is 52.8 Å². The van der Waals surface area contributed by atoms with Crippen molar-refractivity contribution in [3.8, 4) is 0 Å². The van der Waals surface area contributed by atoms with E-state index in [-0.39, 0.29) is 0 Å². The van der Waals surface area contributed by atoms with Gasteiger partial charge >= 0.3 is 0 Å². The van der Waals surface area contributed by atoms with Crippen molar-refractivity contribution in [1.29, 1.82) is 0 Å². The predicted octanol–water partition coefficient (Wildman–Crippen LogP) is 2.74. The first-order valence-corrected chi connectivity index (χ1v) is 7.13. The van der Waals surface area contributed by atoms with E-state index in [0.717, 1.165) is 33.9 Å². The number of para-hydroxylation sites is 1. The minimum atomic E-state index is 0.567. The maximum absolute atomic E-state index is 5.58. The fourth-order valence-electron chi connectivity index (χ4n) is 1.98. The van der Waals surface area contributed by atoms with Crippen LogP contribution >= 0.6 is 15.9 Å². The van der Waals surface area contributed by atoms with E-state index in [9.17, 15) is 0 Å². The Balaban J connectivity index is 1.96. The fraction of sp³-hybridized carbons (Fsp3) is 0.143. The molecule has 0 aliphatic rings. The highest BCUT2D eigenvalue weighted by molar-refractivity contribution is 9.10. The van der Waals surface area contributed by atoms with E-state index in [0.29, 0.717) is 6.54 Å². The van der Waals surface area contributed by atoms with Crippen molar-refractivity contribution < 1.29 is 0 Å². The largest absolute Gasteiger partial charge is 0.339 e. The number of hydrogen-bond acceptors (Lipinski definition) is 4. The van der Waals surface area contributed by atoms with E-state index in [1.54, 1.807) is 4.52 Å². The molecular formula is C14H14BrN5. The summed E-state index contributed by atoms with van der Waals surface area (Å²) in [5, 5.41) is 7.79. The molecule has 0 atom stereocenters. The van der Waals surface area contributed by atoms with Crippen LogP contribution in [0.2, 0.25) is 0 Å². The van der Waals surface area contributed by atoms with Crippen LogP contribution in [0.1, 0.15) is 5.69 Å². The van der Waals surface area contributed by atoms with E-state index in [2.05, 4.69) is 31.3 Å². The summed E-state index contributed by atoms with van der Waals surface area (Å²) in [6.45, 7) is 0.567. The zero-order valence-electron chi connectivity index (χ0n) is 10.8. The van der Waals surface area contributed by atoms with Crippen molar-refractivity contribution in [2.24, 2.45) is 5.73 Å². The van der Waals surface area contributed by atoms with E-state index < -0.39 is 0 Å². The molecule has 6 heteroatoms. The lowest BCUT2D eigenvalue weighted by molar-refractivity contribution is 0.895. The molecule has 0 radical (unpaired) electrons. The minimum Gasteiger partial charge on any atom is -0.339 e. The van der Waals surface area contributed by atoms with Gasteiger partial charge in [0.2, 0.25) is 0 Å². The summed E-state index contributed by atoms with van der Waals surface area (Å²) in [5.74, 6) is 0.765. The first-order valence-electron chi connectivity index (χ1n) is 6.34. The molecule has 0 aliphatic carbocycles. The average Bonchev–Trinajstić information content (AvgIpc) is 2.77. The van der Waals surface area contributed by atoms with Crippen molar-refractivity contribution in [2.45, 2.75) is 6.42 Å². The molecule has 102 valence electrons. The van der Waals surface area contributed by atoms with Crippen LogP contribution in [0.4, 0.5) is 11.5 Å². The first-order chi connectivity index (χ1) is 9.78. The van der Waals surface area contributed by atoms with Gasteiger partial charge in [-0.1, -0.05) is 18.2 Å². The van der Waals surface area contributed by atoms with Gasteiger partial charge in [-0.25, -0.2) is 9.50 Å². The maximum Gasteiger partial charge on any atom is 0.155 e. The van der Waals surface area contributed by atoms with E-state index in [1.807, 2.05) is 42.5 Å². The molecule has 3 rings (SSSR count). The van der Waals surface area contributed by atoms with Crippen molar-refractivity contribution in [1.82, 2.24) is 14.6 Å². The molecule has 0 bridgehead atoms. The van der Waals surface area contributed by atoms with Crippen LogP contribution in [-0.4, -0.2) is 21.1 Å². The molecule has 5 nitrogen and oxygen atoms in total. The molecule has 0 fully saturated rings. The molecule has 0 amide bonds. The van der Waals surface area contributed by atoms with Crippen LogP contribution in [0, 0.1) is 0 Å². The number of anilines is 2. The molecule has 1 aromatic carbocycles. The summed E-state index contributed by atoms with van der Waals surface area (Å²) >= 11 is 3.53. The van der Waals surface area contributed by atoms with Crippen molar-refractivity contribution >= 4 is 33.1 Å².